The predicted molar refractivity (Wildman–Crippen MR) is 70.9 cm³/mol. The molecule has 0 aliphatic carbocycles. The van der Waals surface area contributed by atoms with Crippen LogP contribution in [-0.2, 0) is 0 Å². The summed E-state index contributed by atoms with van der Waals surface area (Å²) in [4.78, 5) is 22.7. The second-order valence-corrected chi connectivity index (χ2v) is 4.59. The van der Waals surface area contributed by atoms with Gasteiger partial charge in [0.05, 0.1) is 11.1 Å². The Labute approximate surface area is 117 Å². The average Bonchev–Trinajstić information content (AvgIpc) is 2.41. The molecule has 0 saturated heterocycles. The van der Waals surface area contributed by atoms with Crippen molar-refractivity contribution in [1.82, 2.24) is 0 Å². The van der Waals surface area contributed by atoms with Crippen LogP contribution in [0.4, 0.5) is 4.39 Å². The number of ether oxygens (including phenoxy) is 1. The van der Waals surface area contributed by atoms with Gasteiger partial charge >= 0.3 is 5.97 Å². The molecular formula is C14H8BrFO3. The molecular weight excluding hydrogens is 315 g/mol. The van der Waals surface area contributed by atoms with E-state index in [-0.39, 0.29) is 16.9 Å². The Morgan fingerprint density at radius 3 is 2.63 bits per heavy atom. The van der Waals surface area contributed by atoms with Gasteiger partial charge in [0.2, 0.25) is 0 Å². The van der Waals surface area contributed by atoms with Crippen LogP contribution in [0, 0.1) is 5.82 Å². The fraction of sp³-hybridized carbons (Fsp3) is 0. The first-order valence-corrected chi connectivity index (χ1v) is 6.12. The third-order valence-electron chi connectivity index (χ3n) is 2.40. The largest absolute Gasteiger partial charge is 0.422 e. The minimum absolute atomic E-state index is 0.0893. The molecule has 5 heteroatoms. The van der Waals surface area contributed by atoms with Crippen molar-refractivity contribution in [1.29, 1.82) is 0 Å². The maximum Gasteiger partial charge on any atom is 0.346 e. The zero-order valence-electron chi connectivity index (χ0n) is 9.60. The van der Waals surface area contributed by atoms with Crippen LogP contribution in [0.1, 0.15) is 20.7 Å². The fourth-order valence-electron chi connectivity index (χ4n) is 1.49. The molecule has 2 rings (SSSR count). The van der Waals surface area contributed by atoms with E-state index < -0.39 is 11.8 Å². The van der Waals surface area contributed by atoms with Crippen LogP contribution in [0.2, 0.25) is 0 Å². The molecule has 0 unspecified atom stereocenters. The van der Waals surface area contributed by atoms with Crippen LogP contribution < -0.4 is 4.74 Å². The van der Waals surface area contributed by atoms with Crippen LogP contribution in [0.3, 0.4) is 0 Å². The highest BCUT2D eigenvalue weighted by atomic mass is 79.9. The highest BCUT2D eigenvalue weighted by molar-refractivity contribution is 9.10. The number of rotatable bonds is 3. The van der Waals surface area contributed by atoms with Gasteiger partial charge in [-0.3, -0.25) is 4.79 Å². The predicted octanol–water partition coefficient (Wildman–Crippen LogP) is 3.62. The molecule has 3 nitrogen and oxygen atoms in total. The van der Waals surface area contributed by atoms with Gasteiger partial charge in [-0.05, 0) is 30.3 Å². The molecule has 0 amide bonds. The van der Waals surface area contributed by atoms with Crippen molar-refractivity contribution in [3.8, 4) is 5.75 Å². The van der Waals surface area contributed by atoms with E-state index in [1.807, 2.05) is 0 Å². The van der Waals surface area contributed by atoms with Crippen molar-refractivity contribution < 1.29 is 18.7 Å². The number of carbonyl (C=O) groups excluding carboxylic acids is 2. The van der Waals surface area contributed by atoms with E-state index in [4.69, 9.17) is 4.74 Å². The quantitative estimate of drug-likeness (QED) is 0.492. The smallest absolute Gasteiger partial charge is 0.346 e. The minimum atomic E-state index is -0.844. The van der Waals surface area contributed by atoms with E-state index in [1.54, 1.807) is 6.07 Å². The monoisotopic (exact) mass is 322 g/mol. The highest BCUT2D eigenvalue weighted by Gasteiger charge is 2.15. The first-order valence-electron chi connectivity index (χ1n) is 5.33. The number of esters is 1. The lowest BCUT2D eigenvalue weighted by Gasteiger charge is -2.07. The van der Waals surface area contributed by atoms with Crippen molar-refractivity contribution in [3.05, 3.63) is 63.9 Å². The molecule has 0 aliphatic rings. The molecule has 0 spiro atoms. The third kappa shape index (κ3) is 3.06. The van der Waals surface area contributed by atoms with Crippen LogP contribution in [0.5, 0.6) is 5.75 Å². The maximum atomic E-state index is 13.4. The Hall–Kier alpha value is -2.01. The lowest BCUT2D eigenvalue weighted by atomic mass is 10.2. The van der Waals surface area contributed by atoms with E-state index >= 15 is 0 Å². The van der Waals surface area contributed by atoms with Gasteiger partial charge in [0.1, 0.15) is 11.6 Å². The van der Waals surface area contributed by atoms with Crippen LogP contribution in [0.15, 0.2) is 46.9 Å². The average molecular weight is 323 g/mol. The molecule has 0 N–H and O–H groups in total. The first-order chi connectivity index (χ1) is 9.11. The van der Waals surface area contributed by atoms with Crippen LogP contribution in [0.25, 0.3) is 0 Å². The molecule has 96 valence electrons. The van der Waals surface area contributed by atoms with E-state index in [2.05, 4.69) is 15.9 Å². The van der Waals surface area contributed by atoms with Crippen LogP contribution in [-0.4, -0.2) is 12.3 Å². The zero-order chi connectivity index (χ0) is 13.8. The summed E-state index contributed by atoms with van der Waals surface area (Å²) in [5.74, 6) is -1.42. The molecule has 0 aliphatic heterocycles. The Bertz CT molecular complexity index is 640. The summed E-state index contributed by atoms with van der Waals surface area (Å²) in [7, 11) is 0. The lowest BCUT2D eigenvalue weighted by molar-refractivity contribution is 0.0728. The molecule has 19 heavy (non-hydrogen) atoms. The van der Waals surface area contributed by atoms with Gasteiger partial charge in [0.15, 0.2) is 6.29 Å². The number of carbonyl (C=O) groups is 2. The number of halogens is 2. The Morgan fingerprint density at radius 1 is 1.21 bits per heavy atom. The fourth-order valence-corrected chi connectivity index (χ4v) is 1.86. The maximum absolute atomic E-state index is 13.4. The summed E-state index contributed by atoms with van der Waals surface area (Å²) in [6.07, 6.45) is 0.564. The SMILES string of the molecule is O=Cc1cc(Br)ccc1OC(=O)c1ccccc1F. The van der Waals surface area contributed by atoms with Gasteiger partial charge in [0, 0.05) is 4.47 Å². The van der Waals surface area contributed by atoms with E-state index in [9.17, 15) is 14.0 Å². The van der Waals surface area contributed by atoms with Crippen LogP contribution >= 0.6 is 15.9 Å². The zero-order valence-corrected chi connectivity index (χ0v) is 11.2. The Balaban J connectivity index is 2.29. The summed E-state index contributed by atoms with van der Waals surface area (Å²) < 4.78 is 19.1. The molecule has 0 atom stereocenters. The summed E-state index contributed by atoms with van der Waals surface area (Å²) in [6, 6.07) is 10.1. The van der Waals surface area contributed by atoms with Gasteiger partial charge < -0.3 is 4.74 Å². The summed E-state index contributed by atoms with van der Waals surface area (Å²) in [6.45, 7) is 0. The number of hydrogen-bond donors (Lipinski definition) is 0. The van der Waals surface area contributed by atoms with Crippen molar-refractivity contribution in [2.24, 2.45) is 0 Å². The third-order valence-corrected chi connectivity index (χ3v) is 2.89. The van der Waals surface area contributed by atoms with Gasteiger partial charge in [0.25, 0.3) is 0 Å². The minimum Gasteiger partial charge on any atom is -0.422 e. The molecule has 2 aromatic rings. The number of benzene rings is 2. The molecule has 0 saturated carbocycles. The number of aldehydes is 1. The van der Waals surface area contributed by atoms with Crippen molar-refractivity contribution in [3.63, 3.8) is 0 Å². The van der Waals surface area contributed by atoms with E-state index in [1.165, 1.54) is 36.4 Å². The lowest BCUT2D eigenvalue weighted by Crippen LogP contribution is -2.11. The number of hydrogen-bond acceptors (Lipinski definition) is 3. The van der Waals surface area contributed by atoms with Crippen molar-refractivity contribution >= 4 is 28.2 Å². The highest BCUT2D eigenvalue weighted by Crippen LogP contribution is 2.23. The molecule has 0 aromatic heterocycles. The van der Waals surface area contributed by atoms with Gasteiger partial charge in [-0.2, -0.15) is 0 Å². The topological polar surface area (TPSA) is 43.4 Å². The molecule has 0 heterocycles. The van der Waals surface area contributed by atoms with E-state index in [0.29, 0.717) is 10.8 Å². The standard InChI is InChI=1S/C14H8BrFO3/c15-10-5-6-13(9(7-10)8-17)19-14(18)11-3-1-2-4-12(11)16/h1-8H. The molecule has 0 radical (unpaired) electrons. The van der Waals surface area contributed by atoms with E-state index in [0.717, 1.165) is 0 Å². The molecule has 2 aromatic carbocycles. The Morgan fingerprint density at radius 2 is 1.95 bits per heavy atom. The summed E-state index contributed by atoms with van der Waals surface area (Å²) in [5, 5.41) is 0. The second-order valence-electron chi connectivity index (χ2n) is 3.67. The molecule has 0 bridgehead atoms. The second kappa shape index (κ2) is 5.75. The molecule has 0 fully saturated rings. The van der Waals surface area contributed by atoms with Gasteiger partial charge in [-0.25, -0.2) is 9.18 Å². The van der Waals surface area contributed by atoms with Gasteiger partial charge in [-0.1, -0.05) is 28.1 Å². The first kappa shape index (κ1) is 13.4. The van der Waals surface area contributed by atoms with Crippen molar-refractivity contribution in [2.45, 2.75) is 0 Å². The van der Waals surface area contributed by atoms with Gasteiger partial charge in [-0.15, -0.1) is 0 Å². The van der Waals surface area contributed by atoms with Crippen molar-refractivity contribution in [2.75, 3.05) is 0 Å². The summed E-state index contributed by atoms with van der Waals surface area (Å²) in [5.41, 5.74) is 0.0290. The summed E-state index contributed by atoms with van der Waals surface area (Å²) >= 11 is 3.20. The Kier molecular flexibility index (Phi) is 4.06. The normalized spacial score (nSPS) is 10.0.